The summed E-state index contributed by atoms with van der Waals surface area (Å²) in [6, 6.07) is 0. The van der Waals surface area contributed by atoms with E-state index in [2.05, 4.69) is 15.0 Å². The van der Waals surface area contributed by atoms with Gasteiger partial charge in [0.25, 0.3) is 0 Å². The monoisotopic (exact) mass is 291 g/mol. The maximum Gasteiger partial charge on any atom is 0.229 e. The summed E-state index contributed by atoms with van der Waals surface area (Å²) in [5.74, 6) is 0.156. The number of carbonyl (C=O) groups is 2. The Balaban J connectivity index is 1.81. The summed E-state index contributed by atoms with van der Waals surface area (Å²) in [5, 5.41) is 4.13. The lowest BCUT2D eigenvalue weighted by Gasteiger charge is -2.11. The highest BCUT2D eigenvalue weighted by molar-refractivity contribution is 7.17. The van der Waals surface area contributed by atoms with Gasteiger partial charge in [-0.3, -0.25) is 14.5 Å². The van der Waals surface area contributed by atoms with Crippen molar-refractivity contribution in [2.24, 2.45) is 11.0 Å². The van der Waals surface area contributed by atoms with Crippen molar-refractivity contribution in [1.82, 2.24) is 4.98 Å². The highest BCUT2D eigenvalue weighted by Crippen LogP contribution is 2.34. The number of fused-ring (bicyclic) bond motifs is 1. The Hall–Kier alpha value is -1.92. The lowest BCUT2D eigenvalue weighted by atomic mass is 10.0. The van der Waals surface area contributed by atoms with Crippen LogP contribution in [0.4, 0.5) is 5.13 Å². The molecule has 0 aromatic carbocycles. The summed E-state index contributed by atoms with van der Waals surface area (Å²) in [6.45, 7) is 0.835. The molecule has 1 aromatic rings. The molecular weight excluding hydrogens is 278 g/mol. The first-order valence-electron chi connectivity index (χ1n) is 6.53. The predicted molar refractivity (Wildman–Crippen MR) is 73.9 cm³/mol. The zero-order valence-corrected chi connectivity index (χ0v) is 11.6. The molecule has 104 valence electrons. The van der Waals surface area contributed by atoms with Crippen LogP contribution in [-0.4, -0.2) is 29.8 Å². The molecule has 1 aromatic heterocycles. The second-order valence-corrected chi connectivity index (χ2v) is 6.01. The number of Topliss-reactive ketones (excluding diaryl/α,β-unsaturated/α-hetero) is 1. The molecule has 8 heteroatoms. The molecule has 1 amide bonds. The Bertz CT molecular complexity index is 619. The highest BCUT2D eigenvalue weighted by atomic mass is 32.1. The zero-order valence-electron chi connectivity index (χ0n) is 10.8. The number of amides is 1. The highest BCUT2D eigenvalue weighted by Gasteiger charge is 2.33. The third-order valence-corrected chi connectivity index (χ3v) is 4.76. The van der Waals surface area contributed by atoms with Gasteiger partial charge in [-0.1, -0.05) is 16.5 Å². The smallest absolute Gasteiger partial charge is 0.229 e. The number of anilines is 1. The second kappa shape index (κ2) is 5.22. The Morgan fingerprint density at radius 3 is 3.05 bits per heavy atom. The van der Waals surface area contributed by atoms with Crippen LogP contribution in [0.25, 0.3) is 10.4 Å². The van der Waals surface area contributed by atoms with Crippen LogP contribution in [0, 0.1) is 5.92 Å². The number of ketones is 1. The maximum absolute atomic E-state index is 12.0. The number of hydrogen-bond donors (Lipinski definition) is 0. The molecule has 2 heterocycles. The summed E-state index contributed by atoms with van der Waals surface area (Å²) >= 11 is 1.31. The molecule has 20 heavy (non-hydrogen) atoms. The quantitative estimate of drug-likeness (QED) is 0.485. The van der Waals surface area contributed by atoms with E-state index in [9.17, 15) is 9.59 Å². The van der Waals surface area contributed by atoms with Crippen LogP contribution in [0.5, 0.6) is 0 Å². The van der Waals surface area contributed by atoms with Crippen LogP contribution in [-0.2, 0) is 11.2 Å². The van der Waals surface area contributed by atoms with Crippen molar-refractivity contribution < 1.29 is 9.59 Å². The van der Waals surface area contributed by atoms with Crippen LogP contribution >= 0.6 is 11.3 Å². The van der Waals surface area contributed by atoms with E-state index >= 15 is 0 Å². The van der Waals surface area contributed by atoms with Crippen molar-refractivity contribution in [3.8, 4) is 0 Å². The minimum absolute atomic E-state index is 0.0123. The van der Waals surface area contributed by atoms with Crippen LogP contribution < -0.4 is 4.90 Å². The number of carbonyl (C=O) groups excluding carboxylic acids is 2. The third-order valence-electron chi connectivity index (χ3n) is 3.60. The number of azide groups is 1. The molecule has 0 N–H and O–H groups in total. The summed E-state index contributed by atoms with van der Waals surface area (Å²) in [4.78, 5) is 33.3. The van der Waals surface area contributed by atoms with E-state index in [1.807, 2.05) is 0 Å². The van der Waals surface area contributed by atoms with Gasteiger partial charge in [-0.25, -0.2) is 4.98 Å². The van der Waals surface area contributed by atoms with Crippen molar-refractivity contribution in [2.45, 2.75) is 25.7 Å². The average Bonchev–Trinajstić information content (AvgIpc) is 3.00. The van der Waals surface area contributed by atoms with Crippen LogP contribution in [0.3, 0.4) is 0 Å². The molecule has 0 saturated carbocycles. The summed E-state index contributed by atoms with van der Waals surface area (Å²) in [5.41, 5.74) is 9.15. The Morgan fingerprint density at radius 1 is 1.45 bits per heavy atom. The first-order valence-corrected chi connectivity index (χ1v) is 7.35. The normalized spacial score (nSPS) is 21.8. The second-order valence-electron chi connectivity index (χ2n) is 5.04. The molecule has 1 unspecified atom stereocenters. The van der Waals surface area contributed by atoms with E-state index in [-0.39, 0.29) is 17.6 Å². The number of hydrogen-bond acceptors (Lipinski definition) is 5. The third kappa shape index (κ3) is 2.28. The molecule has 0 radical (unpaired) electrons. The van der Waals surface area contributed by atoms with Crippen molar-refractivity contribution in [3.05, 3.63) is 21.0 Å². The summed E-state index contributed by atoms with van der Waals surface area (Å²) < 4.78 is 0. The number of rotatable bonds is 3. The molecule has 0 bridgehead atoms. The molecule has 1 aliphatic carbocycles. The molecule has 3 rings (SSSR count). The number of aryl methyl sites for hydroxylation is 1. The van der Waals surface area contributed by atoms with E-state index in [0.717, 1.165) is 18.5 Å². The van der Waals surface area contributed by atoms with Crippen LogP contribution in [0.15, 0.2) is 5.11 Å². The lowest BCUT2D eigenvalue weighted by Crippen LogP contribution is -2.24. The summed E-state index contributed by atoms with van der Waals surface area (Å²) in [7, 11) is 0. The first kappa shape index (κ1) is 13.1. The van der Waals surface area contributed by atoms with Gasteiger partial charge in [-0.05, 0) is 24.3 Å². The van der Waals surface area contributed by atoms with E-state index in [4.69, 9.17) is 5.53 Å². The molecule has 2 aliphatic rings. The predicted octanol–water partition coefficient (Wildman–Crippen LogP) is 2.33. The number of thiazole rings is 1. The Morgan fingerprint density at radius 2 is 2.30 bits per heavy atom. The molecular formula is C12H13N5O2S. The van der Waals surface area contributed by atoms with Gasteiger partial charge in [0, 0.05) is 30.8 Å². The molecule has 7 nitrogen and oxygen atoms in total. The van der Waals surface area contributed by atoms with E-state index < -0.39 is 0 Å². The molecule has 1 atom stereocenters. The van der Waals surface area contributed by atoms with Gasteiger partial charge in [-0.2, -0.15) is 0 Å². The van der Waals surface area contributed by atoms with Gasteiger partial charge in [0.1, 0.15) is 0 Å². The number of nitrogens with zero attached hydrogens (tertiary/aromatic N) is 5. The van der Waals surface area contributed by atoms with Crippen LogP contribution in [0.2, 0.25) is 0 Å². The Kier molecular flexibility index (Phi) is 3.42. The SMILES string of the molecule is [N-]=[N+]=NCC1CC(=O)N(c2nc3c(s2)C(=O)CCC3)C1. The van der Waals surface area contributed by atoms with Crippen molar-refractivity contribution >= 4 is 28.2 Å². The fourth-order valence-electron chi connectivity index (χ4n) is 2.61. The topological polar surface area (TPSA) is 99.0 Å². The summed E-state index contributed by atoms with van der Waals surface area (Å²) in [6.07, 6.45) is 2.59. The molecule has 1 saturated heterocycles. The van der Waals surface area contributed by atoms with E-state index in [0.29, 0.717) is 35.9 Å². The fourth-order valence-corrected chi connectivity index (χ4v) is 3.72. The van der Waals surface area contributed by atoms with Crippen molar-refractivity contribution in [3.63, 3.8) is 0 Å². The molecule has 0 spiro atoms. The lowest BCUT2D eigenvalue weighted by molar-refractivity contribution is -0.117. The van der Waals surface area contributed by atoms with Crippen molar-refractivity contribution in [1.29, 1.82) is 0 Å². The molecule has 1 fully saturated rings. The van der Waals surface area contributed by atoms with Gasteiger partial charge in [0.2, 0.25) is 5.91 Å². The zero-order chi connectivity index (χ0) is 14.1. The van der Waals surface area contributed by atoms with Gasteiger partial charge >= 0.3 is 0 Å². The molecule has 1 aliphatic heterocycles. The van der Waals surface area contributed by atoms with Gasteiger partial charge in [0.15, 0.2) is 10.9 Å². The van der Waals surface area contributed by atoms with E-state index in [1.165, 1.54) is 11.3 Å². The fraction of sp³-hybridized carbons (Fsp3) is 0.583. The number of aromatic nitrogens is 1. The van der Waals surface area contributed by atoms with Gasteiger partial charge < -0.3 is 0 Å². The van der Waals surface area contributed by atoms with Gasteiger partial charge in [0.05, 0.1) is 10.6 Å². The first-order chi connectivity index (χ1) is 9.69. The minimum Gasteiger partial charge on any atom is -0.293 e. The minimum atomic E-state index is -0.0123. The maximum atomic E-state index is 12.0. The van der Waals surface area contributed by atoms with E-state index in [1.54, 1.807) is 4.90 Å². The largest absolute Gasteiger partial charge is 0.293 e. The Labute approximate surface area is 119 Å². The van der Waals surface area contributed by atoms with Crippen molar-refractivity contribution in [2.75, 3.05) is 18.0 Å². The van der Waals surface area contributed by atoms with Crippen LogP contribution in [0.1, 0.15) is 34.6 Å². The average molecular weight is 291 g/mol. The van der Waals surface area contributed by atoms with Gasteiger partial charge in [-0.15, -0.1) is 0 Å². The standard InChI is InChI=1S/C12H13N5O2S/c13-16-14-5-7-4-10(19)17(6-7)12-15-8-2-1-3-9(18)11(8)20-12/h7H,1-6H2.